The molecule has 4 rings (SSSR count). The van der Waals surface area contributed by atoms with E-state index in [1.54, 1.807) is 36.4 Å². The molecule has 0 saturated heterocycles. The summed E-state index contributed by atoms with van der Waals surface area (Å²) in [6.07, 6.45) is 0.768. The van der Waals surface area contributed by atoms with E-state index in [1.807, 2.05) is 31.2 Å². The number of benzene rings is 3. The van der Waals surface area contributed by atoms with Crippen molar-refractivity contribution in [2.24, 2.45) is 4.99 Å². The smallest absolute Gasteiger partial charge is 0.261 e. The van der Waals surface area contributed by atoms with E-state index < -0.39 is 10.0 Å². The second-order valence-electron chi connectivity index (χ2n) is 7.27. The Morgan fingerprint density at radius 3 is 2.03 bits per heavy atom. The summed E-state index contributed by atoms with van der Waals surface area (Å²) in [7, 11) is -3.59. The van der Waals surface area contributed by atoms with Crippen molar-refractivity contribution in [3.63, 3.8) is 0 Å². The lowest BCUT2D eigenvalue weighted by molar-refractivity contribution is 0.601. The molecule has 1 aliphatic heterocycles. The Kier molecular flexibility index (Phi) is 5.72. The Labute approximate surface area is 177 Å². The molecule has 154 valence electrons. The molecule has 0 fully saturated rings. The minimum absolute atomic E-state index is 0.254. The molecule has 0 radical (unpaired) electrons. The van der Waals surface area contributed by atoms with Gasteiger partial charge in [0.25, 0.3) is 10.0 Å². The Morgan fingerprint density at radius 1 is 0.867 bits per heavy atom. The largest absolute Gasteiger partial charge is 0.354 e. The van der Waals surface area contributed by atoms with Gasteiger partial charge in [-0.05, 0) is 60.9 Å². The first kappa shape index (κ1) is 20.0. The van der Waals surface area contributed by atoms with Gasteiger partial charge in [-0.15, -0.1) is 0 Å². The standard InChI is InChI=1S/C23H24N4O2S/c1-17-2-12-22(13-3-17)30(28,29)27-21-10-6-19(7-11-21)16-18-4-8-20(9-5-18)26-23-24-14-15-25-23/h2-13,27H,14-16H2,1H3,(H2,24,25,26). The molecule has 1 aliphatic rings. The molecule has 0 aliphatic carbocycles. The zero-order chi connectivity index (χ0) is 21.0. The lowest BCUT2D eigenvalue weighted by atomic mass is 10.0. The molecule has 30 heavy (non-hydrogen) atoms. The van der Waals surface area contributed by atoms with E-state index in [2.05, 4.69) is 32.5 Å². The van der Waals surface area contributed by atoms with Gasteiger partial charge in [0.05, 0.1) is 11.4 Å². The SMILES string of the molecule is Cc1ccc(S(=O)(=O)Nc2ccc(Cc3ccc(NC4=NCCN4)cc3)cc2)cc1. The van der Waals surface area contributed by atoms with Crippen LogP contribution in [0.15, 0.2) is 82.7 Å². The molecule has 0 spiro atoms. The summed E-state index contributed by atoms with van der Waals surface area (Å²) in [4.78, 5) is 4.58. The second-order valence-corrected chi connectivity index (χ2v) is 8.95. The van der Waals surface area contributed by atoms with Gasteiger partial charge in [-0.1, -0.05) is 42.0 Å². The van der Waals surface area contributed by atoms with Gasteiger partial charge in [0.1, 0.15) is 0 Å². The van der Waals surface area contributed by atoms with E-state index in [-0.39, 0.29) is 4.90 Å². The number of sulfonamides is 1. The topological polar surface area (TPSA) is 82.6 Å². The second kappa shape index (κ2) is 8.59. The molecule has 3 aromatic rings. The summed E-state index contributed by atoms with van der Waals surface area (Å²) < 4.78 is 27.7. The number of nitrogens with one attached hydrogen (secondary N) is 3. The first-order valence-electron chi connectivity index (χ1n) is 9.81. The van der Waals surface area contributed by atoms with Crippen molar-refractivity contribution in [2.45, 2.75) is 18.2 Å². The summed E-state index contributed by atoms with van der Waals surface area (Å²) in [5, 5.41) is 6.44. The fourth-order valence-corrected chi connectivity index (χ4v) is 4.24. The maximum atomic E-state index is 12.5. The predicted octanol–water partition coefficient (Wildman–Crippen LogP) is 3.76. The number of rotatable bonds is 6. The number of guanidine groups is 1. The summed E-state index contributed by atoms with van der Waals surface area (Å²) in [6.45, 7) is 3.60. The van der Waals surface area contributed by atoms with Crippen LogP contribution in [0, 0.1) is 6.92 Å². The molecule has 1 heterocycles. The minimum atomic E-state index is -3.59. The summed E-state index contributed by atoms with van der Waals surface area (Å²) in [5.41, 5.74) is 4.84. The van der Waals surface area contributed by atoms with Gasteiger partial charge >= 0.3 is 0 Å². The van der Waals surface area contributed by atoms with E-state index in [0.717, 1.165) is 42.3 Å². The Hall–Kier alpha value is -3.32. The molecule has 6 nitrogen and oxygen atoms in total. The zero-order valence-corrected chi connectivity index (χ0v) is 17.5. The number of aliphatic imine (C=N–C) groups is 1. The van der Waals surface area contributed by atoms with Crippen molar-refractivity contribution < 1.29 is 8.42 Å². The Balaban J connectivity index is 1.38. The summed E-state index contributed by atoms with van der Waals surface area (Å²) >= 11 is 0. The van der Waals surface area contributed by atoms with Crippen molar-refractivity contribution in [2.75, 3.05) is 23.1 Å². The van der Waals surface area contributed by atoms with E-state index in [1.165, 1.54) is 5.56 Å². The van der Waals surface area contributed by atoms with E-state index >= 15 is 0 Å². The maximum absolute atomic E-state index is 12.5. The molecule has 3 aromatic carbocycles. The van der Waals surface area contributed by atoms with Crippen LogP contribution in [0.3, 0.4) is 0 Å². The number of hydrogen-bond acceptors (Lipinski definition) is 5. The first-order valence-corrected chi connectivity index (χ1v) is 11.3. The fourth-order valence-electron chi connectivity index (χ4n) is 3.18. The van der Waals surface area contributed by atoms with Crippen LogP contribution in [-0.2, 0) is 16.4 Å². The fraction of sp³-hybridized carbons (Fsp3) is 0.174. The normalized spacial score (nSPS) is 13.4. The number of anilines is 2. The molecule has 7 heteroatoms. The molecule has 3 N–H and O–H groups in total. The summed E-state index contributed by atoms with van der Waals surface area (Å²) in [5.74, 6) is 0.812. The van der Waals surface area contributed by atoms with Gasteiger partial charge in [-0.3, -0.25) is 9.71 Å². The molecular weight excluding hydrogens is 396 g/mol. The first-order chi connectivity index (χ1) is 14.5. The lowest BCUT2D eigenvalue weighted by Gasteiger charge is -2.10. The van der Waals surface area contributed by atoms with Crippen LogP contribution in [-0.4, -0.2) is 27.5 Å². The third-order valence-corrected chi connectivity index (χ3v) is 6.23. The molecule has 0 unspecified atom stereocenters. The average molecular weight is 421 g/mol. The van der Waals surface area contributed by atoms with Crippen LogP contribution in [0.5, 0.6) is 0 Å². The monoisotopic (exact) mass is 420 g/mol. The molecule has 0 saturated carbocycles. The average Bonchev–Trinajstić information content (AvgIpc) is 3.24. The molecule has 0 atom stereocenters. The Morgan fingerprint density at radius 2 is 1.47 bits per heavy atom. The zero-order valence-electron chi connectivity index (χ0n) is 16.7. The van der Waals surface area contributed by atoms with Crippen LogP contribution < -0.4 is 15.4 Å². The van der Waals surface area contributed by atoms with Crippen LogP contribution in [0.1, 0.15) is 16.7 Å². The highest BCUT2D eigenvalue weighted by Crippen LogP contribution is 2.19. The predicted molar refractivity (Wildman–Crippen MR) is 122 cm³/mol. The number of nitrogens with zero attached hydrogens (tertiary/aromatic N) is 1. The molecule has 0 amide bonds. The van der Waals surface area contributed by atoms with Crippen molar-refractivity contribution >= 4 is 27.4 Å². The van der Waals surface area contributed by atoms with Crippen LogP contribution in [0.25, 0.3) is 0 Å². The minimum Gasteiger partial charge on any atom is -0.354 e. The maximum Gasteiger partial charge on any atom is 0.261 e. The lowest BCUT2D eigenvalue weighted by Crippen LogP contribution is -2.26. The van der Waals surface area contributed by atoms with E-state index in [9.17, 15) is 8.42 Å². The van der Waals surface area contributed by atoms with Gasteiger partial charge in [0.2, 0.25) is 0 Å². The number of aryl methyl sites for hydroxylation is 1. The van der Waals surface area contributed by atoms with E-state index in [0.29, 0.717) is 5.69 Å². The summed E-state index contributed by atoms with van der Waals surface area (Å²) in [6, 6.07) is 22.5. The highest BCUT2D eigenvalue weighted by atomic mass is 32.2. The van der Waals surface area contributed by atoms with Gasteiger partial charge in [0.15, 0.2) is 5.96 Å². The van der Waals surface area contributed by atoms with Crippen molar-refractivity contribution in [1.29, 1.82) is 0 Å². The van der Waals surface area contributed by atoms with Gasteiger partial charge < -0.3 is 10.6 Å². The van der Waals surface area contributed by atoms with Gasteiger partial charge in [-0.25, -0.2) is 8.42 Å². The van der Waals surface area contributed by atoms with Crippen LogP contribution >= 0.6 is 0 Å². The molecular formula is C23H24N4O2S. The van der Waals surface area contributed by atoms with E-state index in [4.69, 9.17) is 0 Å². The van der Waals surface area contributed by atoms with Crippen molar-refractivity contribution in [1.82, 2.24) is 5.32 Å². The van der Waals surface area contributed by atoms with Gasteiger partial charge in [0, 0.05) is 17.9 Å². The quantitative estimate of drug-likeness (QED) is 0.567. The van der Waals surface area contributed by atoms with Gasteiger partial charge in [-0.2, -0.15) is 0 Å². The van der Waals surface area contributed by atoms with Crippen LogP contribution in [0.2, 0.25) is 0 Å². The highest BCUT2D eigenvalue weighted by Gasteiger charge is 2.13. The van der Waals surface area contributed by atoms with Crippen molar-refractivity contribution in [3.8, 4) is 0 Å². The molecule has 0 bridgehead atoms. The molecule has 0 aromatic heterocycles. The van der Waals surface area contributed by atoms with Crippen LogP contribution in [0.4, 0.5) is 11.4 Å². The highest BCUT2D eigenvalue weighted by molar-refractivity contribution is 7.92. The third kappa shape index (κ3) is 4.99. The third-order valence-electron chi connectivity index (χ3n) is 4.84. The Bertz CT molecular complexity index is 1140. The van der Waals surface area contributed by atoms with Crippen molar-refractivity contribution in [3.05, 3.63) is 89.5 Å². The number of hydrogen-bond donors (Lipinski definition) is 3.